The lowest BCUT2D eigenvalue weighted by Crippen LogP contribution is -2.56. The van der Waals surface area contributed by atoms with Crippen LogP contribution in [0, 0.1) is 5.82 Å². The fourth-order valence-electron chi connectivity index (χ4n) is 4.94. The van der Waals surface area contributed by atoms with Crippen molar-refractivity contribution in [1.82, 2.24) is 9.97 Å². The smallest absolute Gasteiger partial charge is 0.133 e. The van der Waals surface area contributed by atoms with Gasteiger partial charge in [0, 0.05) is 28.8 Å². The van der Waals surface area contributed by atoms with Crippen molar-refractivity contribution in [2.24, 2.45) is 0 Å². The molecule has 2 aliphatic rings. The zero-order valence-electron chi connectivity index (χ0n) is 15.2. The first-order valence-corrected chi connectivity index (χ1v) is 9.06. The van der Waals surface area contributed by atoms with Gasteiger partial charge in [-0.1, -0.05) is 19.1 Å². The van der Waals surface area contributed by atoms with Crippen LogP contribution < -0.4 is 5.32 Å². The lowest BCUT2D eigenvalue weighted by molar-refractivity contribution is 0.0352. The largest absolute Gasteiger partial charge is 0.377 e. The molecule has 5 heteroatoms. The van der Waals surface area contributed by atoms with Crippen molar-refractivity contribution in [1.29, 1.82) is 0 Å². The van der Waals surface area contributed by atoms with Crippen molar-refractivity contribution in [3.8, 4) is 11.1 Å². The predicted molar refractivity (Wildman–Crippen MR) is 101 cm³/mol. The molecule has 5 rings (SSSR count). The maximum absolute atomic E-state index is 15.1. The van der Waals surface area contributed by atoms with Crippen LogP contribution in [-0.4, -0.2) is 28.2 Å². The zero-order valence-corrected chi connectivity index (χ0v) is 15.2. The van der Waals surface area contributed by atoms with Crippen molar-refractivity contribution >= 4 is 16.7 Å². The van der Waals surface area contributed by atoms with Crippen LogP contribution in [0.2, 0.25) is 0 Å². The van der Waals surface area contributed by atoms with E-state index in [-0.39, 0.29) is 22.9 Å². The van der Waals surface area contributed by atoms with Gasteiger partial charge in [-0.25, -0.2) is 9.37 Å². The third-order valence-corrected chi connectivity index (χ3v) is 6.06. The molecular weight excluding hydrogens is 329 g/mol. The van der Waals surface area contributed by atoms with Crippen molar-refractivity contribution in [3.63, 3.8) is 0 Å². The number of rotatable bonds is 1. The second-order valence-electron chi connectivity index (χ2n) is 8.25. The summed E-state index contributed by atoms with van der Waals surface area (Å²) in [6.45, 7) is 7.22. The summed E-state index contributed by atoms with van der Waals surface area (Å²) in [6, 6.07) is 9.45. The van der Waals surface area contributed by atoms with Gasteiger partial charge in [0.25, 0.3) is 0 Å². The van der Waals surface area contributed by atoms with E-state index in [2.05, 4.69) is 36.1 Å². The zero-order chi connectivity index (χ0) is 18.1. The topological polar surface area (TPSA) is 49.9 Å². The molecule has 0 bridgehead atoms. The Morgan fingerprint density at radius 3 is 2.88 bits per heavy atom. The maximum Gasteiger partial charge on any atom is 0.133 e. The molecule has 0 radical (unpaired) electrons. The lowest BCUT2D eigenvalue weighted by atomic mass is 9.66. The Kier molecular flexibility index (Phi) is 3.09. The number of hydrogen-bond donors (Lipinski definition) is 2. The SMILES string of the molecule is CC1(C)Nc2cc(F)c(-c3cccc4[nH]cnc34)cc2C2(C)CCOC12. The number of nitrogens with zero attached hydrogens (tertiary/aromatic N) is 1. The van der Waals surface area contributed by atoms with Crippen LogP contribution in [-0.2, 0) is 10.2 Å². The van der Waals surface area contributed by atoms with Gasteiger partial charge >= 0.3 is 0 Å². The molecule has 2 aromatic carbocycles. The number of aromatic amines is 1. The Bertz CT molecular complexity index is 1030. The summed E-state index contributed by atoms with van der Waals surface area (Å²) >= 11 is 0. The molecular formula is C21H22FN3O. The van der Waals surface area contributed by atoms with Crippen molar-refractivity contribution in [2.75, 3.05) is 11.9 Å². The van der Waals surface area contributed by atoms with E-state index in [1.807, 2.05) is 24.3 Å². The van der Waals surface area contributed by atoms with Crippen LogP contribution in [0.1, 0.15) is 32.8 Å². The minimum absolute atomic E-state index is 0.0574. The molecule has 0 saturated carbocycles. The average molecular weight is 351 g/mol. The van der Waals surface area contributed by atoms with E-state index >= 15 is 4.39 Å². The number of halogens is 1. The number of aromatic nitrogens is 2. The van der Waals surface area contributed by atoms with E-state index < -0.39 is 0 Å². The fraction of sp³-hybridized carbons (Fsp3) is 0.381. The summed E-state index contributed by atoms with van der Waals surface area (Å²) in [5.74, 6) is -0.233. The molecule has 4 nitrogen and oxygen atoms in total. The summed E-state index contributed by atoms with van der Waals surface area (Å²) in [6.07, 6.45) is 2.64. The van der Waals surface area contributed by atoms with Gasteiger partial charge in [0.1, 0.15) is 5.82 Å². The van der Waals surface area contributed by atoms with E-state index in [0.29, 0.717) is 5.56 Å². The number of fused-ring (bicyclic) bond motifs is 4. The van der Waals surface area contributed by atoms with Crippen LogP contribution in [0.25, 0.3) is 22.2 Å². The number of anilines is 1. The number of imidazole rings is 1. The predicted octanol–water partition coefficient (Wildman–Crippen LogP) is 4.62. The van der Waals surface area contributed by atoms with Gasteiger partial charge < -0.3 is 15.0 Å². The molecule has 0 amide bonds. The Balaban J connectivity index is 1.76. The number of H-pyrrole nitrogens is 1. The van der Waals surface area contributed by atoms with E-state index in [0.717, 1.165) is 40.9 Å². The first kappa shape index (κ1) is 15.8. The van der Waals surface area contributed by atoms with E-state index in [4.69, 9.17) is 4.74 Å². The number of benzene rings is 2. The highest BCUT2D eigenvalue weighted by atomic mass is 19.1. The molecule has 3 aromatic rings. The Hall–Kier alpha value is -2.40. The Labute approximate surface area is 151 Å². The van der Waals surface area contributed by atoms with Gasteiger partial charge in [0.2, 0.25) is 0 Å². The molecule has 134 valence electrons. The minimum Gasteiger partial charge on any atom is -0.377 e. The van der Waals surface area contributed by atoms with Gasteiger partial charge in [0.05, 0.1) is 29.0 Å². The molecule has 2 N–H and O–H groups in total. The van der Waals surface area contributed by atoms with E-state index in [1.54, 1.807) is 12.4 Å². The quantitative estimate of drug-likeness (QED) is 0.673. The molecule has 1 saturated heterocycles. The van der Waals surface area contributed by atoms with E-state index in [9.17, 15) is 0 Å². The monoisotopic (exact) mass is 351 g/mol. The number of nitrogens with one attached hydrogen (secondary N) is 2. The maximum atomic E-state index is 15.1. The van der Waals surface area contributed by atoms with Crippen LogP contribution in [0.4, 0.5) is 10.1 Å². The number of ether oxygens (including phenoxy) is 1. The standard InChI is InChI=1S/C21H22FN3O/c1-20(2)19-21(3,7-8-26-19)14-9-13(15(22)10-17(14)25-20)12-5-4-6-16-18(12)24-11-23-16/h4-6,9-11,19,25H,7-8H2,1-3H3,(H,23,24). The number of para-hydroxylation sites is 1. The van der Waals surface area contributed by atoms with Crippen LogP contribution in [0.5, 0.6) is 0 Å². The molecule has 1 aromatic heterocycles. The third-order valence-electron chi connectivity index (χ3n) is 6.06. The summed E-state index contributed by atoms with van der Waals surface area (Å²) in [5.41, 5.74) is 4.73. The highest BCUT2D eigenvalue weighted by molar-refractivity contribution is 5.92. The summed E-state index contributed by atoms with van der Waals surface area (Å²) in [7, 11) is 0. The van der Waals surface area contributed by atoms with Crippen LogP contribution >= 0.6 is 0 Å². The minimum atomic E-state index is -0.242. The molecule has 2 aliphatic heterocycles. The summed E-state index contributed by atoms with van der Waals surface area (Å²) in [4.78, 5) is 7.49. The lowest BCUT2D eigenvalue weighted by Gasteiger charge is -2.48. The van der Waals surface area contributed by atoms with E-state index in [1.165, 1.54) is 0 Å². The third kappa shape index (κ3) is 2.01. The van der Waals surface area contributed by atoms with Crippen molar-refractivity contribution in [3.05, 3.63) is 48.0 Å². The fourth-order valence-corrected chi connectivity index (χ4v) is 4.94. The van der Waals surface area contributed by atoms with Gasteiger partial charge in [-0.15, -0.1) is 0 Å². The highest BCUT2D eigenvalue weighted by Crippen LogP contribution is 2.51. The first-order chi connectivity index (χ1) is 12.4. The Morgan fingerprint density at radius 2 is 2.04 bits per heavy atom. The second kappa shape index (κ2) is 5.07. The molecule has 0 aliphatic carbocycles. The van der Waals surface area contributed by atoms with Gasteiger partial charge in [0.15, 0.2) is 0 Å². The molecule has 0 spiro atoms. The summed E-state index contributed by atoms with van der Waals surface area (Å²) < 4.78 is 21.2. The van der Waals surface area contributed by atoms with Gasteiger partial charge in [-0.3, -0.25) is 0 Å². The summed E-state index contributed by atoms with van der Waals surface area (Å²) in [5, 5.41) is 3.50. The highest BCUT2D eigenvalue weighted by Gasteiger charge is 2.53. The molecule has 2 atom stereocenters. The first-order valence-electron chi connectivity index (χ1n) is 9.06. The van der Waals surface area contributed by atoms with Crippen LogP contribution in [0.15, 0.2) is 36.7 Å². The van der Waals surface area contributed by atoms with Crippen molar-refractivity contribution < 1.29 is 9.13 Å². The second-order valence-corrected chi connectivity index (χ2v) is 8.25. The molecule has 3 heterocycles. The molecule has 2 unspecified atom stereocenters. The van der Waals surface area contributed by atoms with Gasteiger partial charge in [-0.2, -0.15) is 0 Å². The Morgan fingerprint density at radius 1 is 1.19 bits per heavy atom. The average Bonchev–Trinajstić information content (AvgIpc) is 3.21. The molecule has 1 fully saturated rings. The van der Waals surface area contributed by atoms with Gasteiger partial charge in [-0.05, 0) is 44.0 Å². The van der Waals surface area contributed by atoms with Crippen LogP contribution in [0.3, 0.4) is 0 Å². The van der Waals surface area contributed by atoms with Crippen molar-refractivity contribution in [2.45, 2.75) is 44.2 Å². The normalized spacial score (nSPS) is 26.4. The molecule has 26 heavy (non-hydrogen) atoms. The number of hydrogen-bond acceptors (Lipinski definition) is 3.